The van der Waals surface area contributed by atoms with Gasteiger partial charge in [-0.2, -0.15) is 0 Å². The number of ether oxygens (including phenoxy) is 1. The Morgan fingerprint density at radius 1 is 1.25 bits per heavy atom. The van der Waals surface area contributed by atoms with E-state index in [-0.39, 0.29) is 0 Å². The molecule has 3 unspecified atom stereocenters. The molecule has 3 heteroatoms. The monoisotopic (exact) mass is 279 g/mol. The molecule has 1 aromatic rings. The fourth-order valence-electron chi connectivity index (χ4n) is 2.15. The van der Waals surface area contributed by atoms with E-state index >= 15 is 0 Å². The molecule has 114 valence electrons. The first kappa shape index (κ1) is 17.0. The van der Waals surface area contributed by atoms with Crippen molar-refractivity contribution in [1.82, 2.24) is 5.32 Å². The van der Waals surface area contributed by atoms with E-state index in [1.54, 1.807) is 0 Å². The Bertz CT molecular complexity index is 381. The molecule has 1 aromatic carbocycles. The summed E-state index contributed by atoms with van der Waals surface area (Å²) in [5, 5.41) is 13.3. The van der Waals surface area contributed by atoms with Gasteiger partial charge in [0.1, 0.15) is 18.5 Å². The Morgan fingerprint density at radius 3 is 2.60 bits per heavy atom. The first-order valence-corrected chi connectivity index (χ1v) is 7.62. The van der Waals surface area contributed by atoms with Crippen LogP contribution in [0.4, 0.5) is 0 Å². The average Bonchev–Trinajstić information content (AvgIpc) is 2.44. The van der Waals surface area contributed by atoms with Crippen molar-refractivity contribution in [3.05, 3.63) is 29.8 Å². The minimum Gasteiger partial charge on any atom is -0.491 e. The third-order valence-electron chi connectivity index (χ3n) is 3.68. The van der Waals surface area contributed by atoms with Crippen molar-refractivity contribution in [3.63, 3.8) is 0 Å². The Kier molecular flexibility index (Phi) is 7.63. The van der Waals surface area contributed by atoms with E-state index in [0.717, 1.165) is 23.7 Å². The Morgan fingerprint density at radius 2 is 1.95 bits per heavy atom. The molecule has 0 aliphatic carbocycles. The van der Waals surface area contributed by atoms with Gasteiger partial charge in [-0.25, -0.2) is 0 Å². The van der Waals surface area contributed by atoms with Gasteiger partial charge in [0, 0.05) is 12.6 Å². The fourth-order valence-corrected chi connectivity index (χ4v) is 2.15. The van der Waals surface area contributed by atoms with Crippen LogP contribution in [0.25, 0.3) is 0 Å². The summed E-state index contributed by atoms with van der Waals surface area (Å²) in [5.41, 5.74) is 1.10. The van der Waals surface area contributed by atoms with Gasteiger partial charge in [0.25, 0.3) is 0 Å². The van der Waals surface area contributed by atoms with Gasteiger partial charge < -0.3 is 15.2 Å². The number of hydrogen-bond acceptors (Lipinski definition) is 3. The molecule has 0 aromatic heterocycles. The topological polar surface area (TPSA) is 41.5 Å². The highest BCUT2D eigenvalue weighted by Crippen LogP contribution is 2.16. The van der Waals surface area contributed by atoms with Crippen LogP contribution in [0.1, 0.15) is 39.2 Å². The third kappa shape index (κ3) is 6.40. The van der Waals surface area contributed by atoms with Crippen molar-refractivity contribution in [2.45, 2.75) is 52.7 Å². The zero-order valence-corrected chi connectivity index (χ0v) is 13.2. The van der Waals surface area contributed by atoms with Crippen LogP contribution in [0.2, 0.25) is 0 Å². The van der Waals surface area contributed by atoms with Gasteiger partial charge in [-0.05, 0) is 37.8 Å². The SMILES string of the molecule is CCC(C)CC(C)NCC(O)COc1ccccc1C. The quantitative estimate of drug-likeness (QED) is 0.729. The van der Waals surface area contributed by atoms with Gasteiger partial charge in [-0.3, -0.25) is 0 Å². The van der Waals surface area contributed by atoms with Crippen LogP contribution < -0.4 is 10.1 Å². The second-order valence-corrected chi connectivity index (χ2v) is 5.79. The molecule has 0 spiro atoms. The summed E-state index contributed by atoms with van der Waals surface area (Å²) in [6.07, 6.45) is 1.86. The van der Waals surface area contributed by atoms with Crippen molar-refractivity contribution < 1.29 is 9.84 Å². The average molecular weight is 279 g/mol. The van der Waals surface area contributed by atoms with Crippen molar-refractivity contribution in [1.29, 1.82) is 0 Å². The molecule has 3 atom stereocenters. The Hall–Kier alpha value is -1.06. The lowest BCUT2D eigenvalue weighted by Crippen LogP contribution is -2.37. The number of aryl methyl sites for hydroxylation is 1. The molecule has 0 amide bonds. The standard InChI is InChI=1S/C17H29NO2/c1-5-13(2)10-15(4)18-11-16(19)12-20-17-9-7-6-8-14(17)3/h6-9,13,15-16,18-19H,5,10-12H2,1-4H3. The summed E-state index contributed by atoms with van der Waals surface area (Å²) >= 11 is 0. The largest absolute Gasteiger partial charge is 0.491 e. The molecule has 0 saturated carbocycles. The minimum absolute atomic E-state index is 0.327. The maximum atomic E-state index is 9.95. The van der Waals surface area contributed by atoms with Gasteiger partial charge in [-0.1, -0.05) is 38.5 Å². The lowest BCUT2D eigenvalue weighted by atomic mass is 10.0. The molecule has 0 aliphatic heterocycles. The van der Waals surface area contributed by atoms with E-state index < -0.39 is 6.10 Å². The number of nitrogens with one attached hydrogen (secondary N) is 1. The number of para-hydroxylation sites is 1. The normalized spacial score (nSPS) is 15.7. The van der Waals surface area contributed by atoms with Gasteiger partial charge >= 0.3 is 0 Å². The van der Waals surface area contributed by atoms with Crippen molar-refractivity contribution >= 4 is 0 Å². The molecule has 0 saturated heterocycles. The second-order valence-electron chi connectivity index (χ2n) is 5.79. The van der Waals surface area contributed by atoms with Crippen LogP contribution in [-0.4, -0.2) is 30.4 Å². The summed E-state index contributed by atoms with van der Waals surface area (Å²) in [5.74, 6) is 1.57. The third-order valence-corrected chi connectivity index (χ3v) is 3.68. The number of hydrogen-bond donors (Lipinski definition) is 2. The number of aliphatic hydroxyl groups is 1. The van der Waals surface area contributed by atoms with Gasteiger partial charge in [0.2, 0.25) is 0 Å². The number of rotatable bonds is 9. The highest BCUT2D eigenvalue weighted by atomic mass is 16.5. The zero-order valence-electron chi connectivity index (χ0n) is 13.2. The van der Waals surface area contributed by atoms with Gasteiger partial charge in [-0.15, -0.1) is 0 Å². The minimum atomic E-state index is -0.478. The number of aliphatic hydroxyl groups excluding tert-OH is 1. The first-order valence-electron chi connectivity index (χ1n) is 7.62. The van der Waals surface area contributed by atoms with Crippen LogP contribution in [0.5, 0.6) is 5.75 Å². The zero-order chi connectivity index (χ0) is 15.0. The van der Waals surface area contributed by atoms with Gasteiger partial charge in [0.15, 0.2) is 0 Å². The molecule has 20 heavy (non-hydrogen) atoms. The van der Waals surface area contributed by atoms with Crippen LogP contribution in [0.3, 0.4) is 0 Å². The molecule has 2 N–H and O–H groups in total. The molecule has 3 nitrogen and oxygen atoms in total. The van der Waals surface area contributed by atoms with Gasteiger partial charge in [0.05, 0.1) is 0 Å². The summed E-state index contributed by atoms with van der Waals surface area (Å²) < 4.78 is 5.64. The maximum absolute atomic E-state index is 9.95. The molecule has 0 aliphatic rings. The predicted molar refractivity (Wildman–Crippen MR) is 84.2 cm³/mol. The van der Waals surface area contributed by atoms with E-state index in [1.165, 1.54) is 6.42 Å². The first-order chi connectivity index (χ1) is 9.52. The van der Waals surface area contributed by atoms with E-state index in [4.69, 9.17) is 4.74 Å². The van der Waals surface area contributed by atoms with Crippen molar-refractivity contribution in [2.75, 3.05) is 13.2 Å². The number of benzene rings is 1. The van der Waals surface area contributed by atoms with E-state index in [0.29, 0.717) is 19.2 Å². The highest BCUT2D eigenvalue weighted by Gasteiger charge is 2.10. The molecule has 0 radical (unpaired) electrons. The van der Waals surface area contributed by atoms with E-state index in [9.17, 15) is 5.11 Å². The lowest BCUT2D eigenvalue weighted by Gasteiger charge is -2.20. The van der Waals surface area contributed by atoms with Crippen LogP contribution >= 0.6 is 0 Å². The van der Waals surface area contributed by atoms with Crippen LogP contribution in [0, 0.1) is 12.8 Å². The summed E-state index contributed by atoms with van der Waals surface area (Å²) in [7, 11) is 0. The Balaban J connectivity index is 2.23. The van der Waals surface area contributed by atoms with Crippen LogP contribution in [-0.2, 0) is 0 Å². The van der Waals surface area contributed by atoms with Crippen molar-refractivity contribution in [3.8, 4) is 5.75 Å². The van der Waals surface area contributed by atoms with Crippen molar-refractivity contribution in [2.24, 2.45) is 5.92 Å². The molecule has 0 bridgehead atoms. The second kappa shape index (κ2) is 8.98. The Labute approximate surface area is 123 Å². The summed E-state index contributed by atoms with van der Waals surface area (Å²) in [6.45, 7) is 9.55. The van der Waals surface area contributed by atoms with E-state index in [2.05, 4.69) is 26.1 Å². The summed E-state index contributed by atoms with van der Waals surface area (Å²) in [4.78, 5) is 0. The smallest absolute Gasteiger partial charge is 0.122 e. The maximum Gasteiger partial charge on any atom is 0.122 e. The summed E-state index contributed by atoms with van der Waals surface area (Å²) in [6, 6.07) is 8.30. The molecule has 0 fully saturated rings. The van der Waals surface area contributed by atoms with Crippen LogP contribution in [0.15, 0.2) is 24.3 Å². The predicted octanol–water partition coefficient (Wildman–Crippen LogP) is 3.15. The lowest BCUT2D eigenvalue weighted by molar-refractivity contribution is 0.103. The fraction of sp³-hybridized carbons (Fsp3) is 0.647. The molecule has 0 heterocycles. The molecule has 1 rings (SSSR count). The molecular formula is C17H29NO2. The highest BCUT2D eigenvalue weighted by molar-refractivity contribution is 5.31. The molecular weight excluding hydrogens is 250 g/mol. The van der Waals surface area contributed by atoms with E-state index in [1.807, 2.05) is 31.2 Å².